The molecule has 0 unspecified atom stereocenters. The van der Waals surface area contributed by atoms with Gasteiger partial charge in [-0.15, -0.1) is 0 Å². The highest BCUT2D eigenvalue weighted by atomic mass is 19.3. The molecule has 1 heterocycles. The topological polar surface area (TPSA) is 29.9 Å². The molecule has 102 valence electrons. The van der Waals surface area contributed by atoms with Crippen LogP contribution in [0.5, 0.6) is 0 Å². The molecular weight excluding hydrogens is 248 g/mol. The molecule has 0 saturated heterocycles. The van der Waals surface area contributed by atoms with E-state index in [0.29, 0.717) is 6.54 Å². The maximum Gasteiger partial charge on any atom is 0.285 e. The minimum absolute atomic E-state index is 0.0328. The molecule has 0 aliphatic heterocycles. The lowest BCUT2D eigenvalue weighted by molar-refractivity contribution is -0.00344. The summed E-state index contributed by atoms with van der Waals surface area (Å²) >= 11 is 0. The second kappa shape index (κ2) is 5.48. The first-order chi connectivity index (χ1) is 8.99. The number of rotatable bonds is 5. The highest BCUT2D eigenvalue weighted by Crippen LogP contribution is 2.26. The summed E-state index contributed by atoms with van der Waals surface area (Å²) < 4.78 is 29.4. The molecule has 0 aliphatic carbocycles. The predicted molar refractivity (Wildman–Crippen MR) is 70.0 cm³/mol. The van der Waals surface area contributed by atoms with Gasteiger partial charge in [0.15, 0.2) is 0 Å². The van der Waals surface area contributed by atoms with E-state index in [0.717, 1.165) is 11.3 Å². The van der Waals surface area contributed by atoms with Gasteiger partial charge in [0, 0.05) is 30.9 Å². The van der Waals surface area contributed by atoms with E-state index in [1.807, 2.05) is 20.2 Å². The number of halogens is 2. The molecule has 19 heavy (non-hydrogen) atoms. The first-order valence-corrected chi connectivity index (χ1v) is 6.12. The van der Waals surface area contributed by atoms with Gasteiger partial charge in [0.1, 0.15) is 0 Å². The molecular formula is C14H17F2N3. The molecule has 5 heteroatoms. The Hall–Kier alpha value is -1.75. The second-order valence-electron chi connectivity index (χ2n) is 4.59. The Morgan fingerprint density at radius 3 is 2.53 bits per heavy atom. The monoisotopic (exact) mass is 265 g/mol. The van der Waals surface area contributed by atoms with Crippen LogP contribution in [-0.4, -0.2) is 16.3 Å². The SMILES string of the molecule is Cc1nn(C)cc1CNCC(F)(F)c1ccccc1. The number of benzene rings is 1. The van der Waals surface area contributed by atoms with Crippen molar-refractivity contribution in [2.24, 2.45) is 7.05 Å². The number of aromatic nitrogens is 2. The Morgan fingerprint density at radius 2 is 1.95 bits per heavy atom. The third kappa shape index (κ3) is 3.38. The van der Waals surface area contributed by atoms with Crippen molar-refractivity contribution >= 4 is 0 Å². The van der Waals surface area contributed by atoms with E-state index in [1.54, 1.807) is 22.9 Å². The van der Waals surface area contributed by atoms with Gasteiger partial charge in [0.2, 0.25) is 0 Å². The molecule has 0 radical (unpaired) electrons. The van der Waals surface area contributed by atoms with Gasteiger partial charge in [-0.25, -0.2) is 0 Å². The van der Waals surface area contributed by atoms with Crippen LogP contribution in [0.25, 0.3) is 0 Å². The Bertz CT molecular complexity index is 535. The molecule has 1 N–H and O–H groups in total. The third-order valence-corrected chi connectivity index (χ3v) is 2.97. The number of aryl methyl sites for hydroxylation is 2. The lowest BCUT2D eigenvalue weighted by Crippen LogP contribution is -2.30. The maximum absolute atomic E-state index is 13.9. The summed E-state index contributed by atoms with van der Waals surface area (Å²) in [5.74, 6) is -2.86. The molecule has 0 spiro atoms. The minimum atomic E-state index is -2.86. The van der Waals surface area contributed by atoms with Crippen molar-refractivity contribution in [1.82, 2.24) is 15.1 Å². The summed E-state index contributed by atoms with van der Waals surface area (Å²) in [4.78, 5) is 0. The van der Waals surface area contributed by atoms with Crippen LogP contribution in [-0.2, 0) is 19.5 Å². The zero-order valence-electron chi connectivity index (χ0n) is 11.0. The van der Waals surface area contributed by atoms with Crippen molar-refractivity contribution in [3.05, 3.63) is 53.3 Å². The van der Waals surface area contributed by atoms with Gasteiger partial charge in [-0.1, -0.05) is 30.3 Å². The Morgan fingerprint density at radius 1 is 1.26 bits per heavy atom. The molecule has 2 aromatic rings. The van der Waals surface area contributed by atoms with Gasteiger partial charge in [-0.3, -0.25) is 4.68 Å². The molecule has 2 rings (SSSR count). The van der Waals surface area contributed by atoms with Crippen molar-refractivity contribution in [1.29, 1.82) is 0 Å². The van der Waals surface area contributed by atoms with Gasteiger partial charge in [0.25, 0.3) is 5.92 Å². The van der Waals surface area contributed by atoms with Crippen LogP contribution in [0.4, 0.5) is 8.78 Å². The van der Waals surface area contributed by atoms with Crippen LogP contribution in [0, 0.1) is 6.92 Å². The van der Waals surface area contributed by atoms with Crippen LogP contribution in [0.3, 0.4) is 0 Å². The standard InChI is InChI=1S/C14H17F2N3/c1-11-12(9-19(2)18-11)8-17-10-14(15,16)13-6-4-3-5-7-13/h3-7,9,17H,8,10H2,1-2H3. The van der Waals surface area contributed by atoms with Gasteiger partial charge in [0.05, 0.1) is 12.2 Å². The zero-order chi connectivity index (χ0) is 13.9. The fraction of sp³-hybridized carbons (Fsp3) is 0.357. The predicted octanol–water partition coefficient (Wildman–Crippen LogP) is 2.61. The molecule has 0 aliphatic rings. The fourth-order valence-electron chi connectivity index (χ4n) is 1.96. The number of hydrogen-bond acceptors (Lipinski definition) is 2. The molecule has 0 atom stereocenters. The van der Waals surface area contributed by atoms with Crippen LogP contribution in [0.15, 0.2) is 36.5 Å². The van der Waals surface area contributed by atoms with Crippen LogP contribution in [0.1, 0.15) is 16.8 Å². The van der Waals surface area contributed by atoms with E-state index in [9.17, 15) is 8.78 Å². The molecule has 1 aromatic heterocycles. The first kappa shape index (κ1) is 13.7. The normalized spacial score (nSPS) is 11.8. The van der Waals surface area contributed by atoms with E-state index < -0.39 is 5.92 Å². The van der Waals surface area contributed by atoms with Crippen molar-refractivity contribution in [2.45, 2.75) is 19.4 Å². The van der Waals surface area contributed by atoms with Crippen molar-refractivity contribution in [3.8, 4) is 0 Å². The second-order valence-corrected chi connectivity index (χ2v) is 4.59. The van der Waals surface area contributed by atoms with E-state index in [4.69, 9.17) is 0 Å². The van der Waals surface area contributed by atoms with Crippen LogP contribution < -0.4 is 5.32 Å². The lowest BCUT2D eigenvalue weighted by atomic mass is 10.1. The van der Waals surface area contributed by atoms with Crippen molar-refractivity contribution in [2.75, 3.05) is 6.54 Å². The van der Waals surface area contributed by atoms with Crippen molar-refractivity contribution in [3.63, 3.8) is 0 Å². The Labute approximate surface area is 111 Å². The van der Waals surface area contributed by atoms with Gasteiger partial charge >= 0.3 is 0 Å². The van der Waals surface area contributed by atoms with E-state index >= 15 is 0 Å². The Kier molecular flexibility index (Phi) is 3.95. The first-order valence-electron chi connectivity index (χ1n) is 6.12. The van der Waals surface area contributed by atoms with E-state index in [1.165, 1.54) is 12.1 Å². The quantitative estimate of drug-likeness (QED) is 0.900. The molecule has 0 saturated carbocycles. The minimum Gasteiger partial charge on any atom is -0.307 e. The molecule has 0 amide bonds. The van der Waals surface area contributed by atoms with Gasteiger partial charge in [-0.05, 0) is 6.92 Å². The summed E-state index contributed by atoms with van der Waals surface area (Å²) in [6.07, 6.45) is 1.84. The fourth-order valence-corrected chi connectivity index (χ4v) is 1.96. The van der Waals surface area contributed by atoms with Crippen LogP contribution >= 0.6 is 0 Å². The zero-order valence-corrected chi connectivity index (χ0v) is 11.0. The van der Waals surface area contributed by atoms with E-state index in [2.05, 4.69) is 10.4 Å². The maximum atomic E-state index is 13.9. The summed E-state index contributed by atoms with van der Waals surface area (Å²) in [6.45, 7) is 1.87. The molecule has 3 nitrogen and oxygen atoms in total. The number of nitrogens with one attached hydrogen (secondary N) is 1. The molecule has 0 bridgehead atoms. The highest BCUT2D eigenvalue weighted by Gasteiger charge is 2.30. The Balaban J connectivity index is 1.94. The smallest absolute Gasteiger partial charge is 0.285 e. The largest absolute Gasteiger partial charge is 0.307 e. The molecule has 1 aromatic carbocycles. The molecule has 0 fully saturated rings. The van der Waals surface area contributed by atoms with E-state index in [-0.39, 0.29) is 12.1 Å². The summed E-state index contributed by atoms with van der Waals surface area (Å²) in [5.41, 5.74) is 1.83. The van der Waals surface area contributed by atoms with Gasteiger partial charge < -0.3 is 5.32 Å². The van der Waals surface area contributed by atoms with Gasteiger partial charge in [-0.2, -0.15) is 13.9 Å². The lowest BCUT2D eigenvalue weighted by Gasteiger charge is -2.17. The highest BCUT2D eigenvalue weighted by molar-refractivity contribution is 5.20. The summed E-state index contributed by atoms with van der Waals surface area (Å²) in [6, 6.07) is 7.85. The number of hydrogen-bond donors (Lipinski definition) is 1. The summed E-state index contributed by atoms with van der Waals surface area (Å²) in [7, 11) is 1.81. The average Bonchev–Trinajstić information content (AvgIpc) is 2.69. The number of alkyl halides is 2. The number of nitrogens with zero attached hydrogens (tertiary/aromatic N) is 2. The third-order valence-electron chi connectivity index (χ3n) is 2.97. The average molecular weight is 265 g/mol. The van der Waals surface area contributed by atoms with Crippen molar-refractivity contribution < 1.29 is 8.78 Å². The summed E-state index contributed by atoms with van der Waals surface area (Å²) in [5, 5.41) is 6.96. The van der Waals surface area contributed by atoms with Crippen LogP contribution in [0.2, 0.25) is 0 Å².